The third-order valence-electron chi connectivity index (χ3n) is 1.81. The van der Waals surface area contributed by atoms with Gasteiger partial charge in [-0.3, -0.25) is 4.98 Å². The highest BCUT2D eigenvalue weighted by Crippen LogP contribution is 2.23. The molecule has 0 saturated heterocycles. The van der Waals surface area contributed by atoms with Crippen LogP contribution in [-0.4, -0.2) is 12.1 Å². The summed E-state index contributed by atoms with van der Waals surface area (Å²) < 4.78 is 5.09. The Hall–Kier alpha value is -1.05. The summed E-state index contributed by atoms with van der Waals surface area (Å²) in [5, 5.41) is 0. The molecular weight excluding hydrogens is 150 g/mol. The summed E-state index contributed by atoms with van der Waals surface area (Å²) in [7, 11) is 1.66. The van der Waals surface area contributed by atoms with Crippen molar-refractivity contribution in [3.63, 3.8) is 0 Å². The maximum Gasteiger partial charge on any atom is 0.137 e. The number of pyridine rings is 1. The summed E-state index contributed by atoms with van der Waals surface area (Å²) in [6, 6.07) is 2.02. The zero-order valence-corrected chi connectivity index (χ0v) is 8.09. The molecular formula is C10H15NO. The Balaban J connectivity index is 3.02. The Morgan fingerprint density at radius 3 is 2.42 bits per heavy atom. The first-order valence-electron chi connectivity index (χ1n) is 4.03. The van der Waals surface area contributed by atoms with E-state index < -0.39 is 0 Å². The fourth-order valence-electron chi connectivity index (χ4n) is 0.941. The highest BCUT2D eigenvalue weighted by molar-refractivity contribution is 5.28. The van der Waals surface area contributed by atoms with Crippen molar-refractivity contribution in [2.75, 3.05) is 7.11 Å². The van der Waals surface area contributed by atoms with Crippen molar-refractivity contribution in [3.05, 3.63) is 24.0 Å². The maximum absolute atomic E-state index is 5.09. The van der Waals surface area contributed by atoms with Gasteiger partial charge in [-0.1, -0.05) is 20.8 Å². The number of aromatic nitrogens is 1. The van der Waals surface area contributed by atoms with Crippen LogP contribution in [0.1, 0.15) is 26.3 Å². The molecule has 0 unspecified atom stereocenters. The molecule has 0 saturated carbocycles. The van der Waals surface area contributed by atoms with E-state index in [2.05, 4.69) is 25.8 Å². The Bertz CT molecular complexity index is 263. The minimum atomic E-state index is 0.140. The molecule has 2 nitrogen and oxygen atoms in total. The zero-order valence-electron chi connectivity index (χ0n) is 8.09. The van der Waals surface area contributed by atoms with Gasteiger partial charge in [-0.05, 0) is 17.0 Å². The fraction of sp³-hybridized carbons (Fsp3) is 0.500. The molecule has 1 rings (SSSR count). The van der Waals surface area contributed by atoms with Gasteiger partial charge in [0.25, 0.3) is 0 Å². The summed E-state index contributed by atoms with van der Waals surface area (Å²) in [6.45, 7) is 6.47. The van der Waals surface area contributed by atoms with Crippen LogP contribution in [0.15, 0.2) is 18.5 Å². The van der Waals surface area contributed by atoms with E-state index in [1.807, 2.05) is 12.3 Å². The van der Waals surface area contributed by atoms with Crippen molar-refractivity contribution in [2.24, 2.45) is 0 Å². The van der Waals surface area contributed by atoms with Crippen molar-refractivity contribution < 1.29 is 4.74 Å². The minimum absolute atomic E-state index is 0.140. The first-order valence-corrected chi connectivity index (χ1v) is 4.03. The summed E-state index contributed by atoms with van der Waals surface area (Å²) >= 11 is 0. The van der Waals surface area contributed by atoms with E-state index in [1.165, 1.54) is 5.56 Å². The number of hydrogen-bond acceptors (Lipinski definition) is 2. The first kappa shape index (κ1) is 9.04. The average Bonchev–Trinajstić information content (AvgIpc) is 2.03. The normalized spacial score (nSPS) is 11.3. The SMILES string of the molecule is COc1cncc(C(C)(C)C)c1. The Morgan fingerprint density at radius 1 is 1.25 bits per heavy atom. The highest BCUT2D eigenvalue weighted by Gasteiger charge is 2.14. The molecule has 0 radical (unpaired) electrons. The molecule has 0 aromatic carbocycles. The van der Waals surface area contributed by atoms with Gasteiger partial charge < -0.3 is 4.74 Å². The van der Waals surface area contributed by atoms with Gasteiger partial charge in [-0.2, -0.15) is 0 Å². The monoisotopic (exact) mass is 165 g/mol. The Labute approximate surface area is 73.6 Å². The van der Waals surface area contributed by atoms with E-state index in [0.29, 0.717) is 0 Å². The predicted octanol–water partition coefficient (Wildman–Crippen LogP) is 2.39. The Morgan fingerprint density at radius 2 is 1.92 bits per heavy atom. The number of hydrogen-bond donors (Lipinski definition) is 0. The molecule has 0 spiro atoms. The molecule has 1 aromatic rings. The standard InChI is InChI=1S/C10H15NO/c1-10(2,3)8-5-9(12-4)7-11-6-8/h5-7H,1-4H3. The van der Waals surface area contributed by atoms with E-state index in [0.717, 1.165) is 5.75 Å². The van der Waals surface area contributed by atoms with Crippen LogP contribution in [0.2, 0.25) is 0 Å². The first-order chi connectivity index (χ1) is 5.54. The lowest BCUT2D eigenvalue weighted by molar-refractivity contribution is 0.410. The van der Waals surface area contributed by atoms with E-state index in [-0.39, 0.29) is 5.41 Å². The summed E-state index contributed by atoms with van der Waals surface area (Å²) in [5.74, 6) is 0.822. The van der Waals surface area contributed by atoms with Crippen LogP contribution in [0.4, 0.5) is 0 Å². The zero-order chi connectivity index (χ0) is 9.19. The minimum Gasteiger partial charge on any atom is -0.495 e. The van der Waals surface area contributed by atoms with Crippen molar-refractivity contribution in [1.82, 2.24) is 4.98 Å². The fourth-order valence-corrected chi connectivity index (χ4v) is 0.941. The molecule has 1 aromatic heterocycles. The van der Waals surface area contributed by atoms with Crippen LogP contribution in [0.3, 0.4) is 0 Å². The molecule has 1 heterocycles. The second-order valence-corrected chi connectivity index (χ2v) is 3.86. The van der Waals surface area contributed by atoms with Crippen LogP contribution in [0, 0.1) is 0 Å². The van der Waals surface area contributed by atoms with Gasteiger partial charge in [-0.25, -0.2) is 0 Å². The lowest BCUT2D eigenvalue weighted by Crippen LogP contribution is -2.11. The summed E-state index contributed by atoms with van der Waals surface area (Å²) in [5.41, 5.74) is 1.34. The summed E-state index contributed by atoms with van der Waals surface area (Å²) in [6.07, 6.45) is 3.60. The van der Waals surface area contributed by atoms with Gasteiger partial charge >= 0.3 is 0 Å². The van der Waals surface area contributed by atoms with Gasteiger partial charge in [0.1, 0.15) is 5.75 Å². The highest BCUT2D eigenvalue weighted by atomic mass is 16.5. The third-order valence-corrected chi connectivity index (χ3v) is 1.81. The maximum atomic E-state index is 5.09. The third kappa shape index (κ3) is 1.97. The van der Waals surface area contributed by atoms with E-state index >= 15 is 0 Å². The molecule has 0 N–H and O–H groups in total. The molecule has 0 bridgehead atoms. The molecule has 0 aliphatic heterocycles. The van der Waals surface area contributed by atoms with Crippen LogP contribution in [0.5, 0.6) is 5.75 Å². The van der Waals surface area contributed by atoms with Gasteiger partial charge in [0.15, 0.2) is 0 Å². The molecule has 2 heteroatoms. The quantitative estimate of drug-likeness (QED) is 0.637. The molecule has 0 atom stereocenters. The van der Waals surface area contributed by atoms with Crippen molar-refractivity contribution in [2.45, 2.75) is 26.2 Å². The molecule has 0 fully saturated rings. The van der Waals surface area contributed by atoms with Crippen LogP contribution >= 0.6 is 0 Å². The summed E-state index contributed by atoms with van der Waals surface area (Å²) in [4.78, 5) is 4.10. The molecule has 0 amide bonds. The van der Waals surface area contributed by atoms with Crippen molar-refractivity contribution in [3.8, 4) is 5.75 Å². The van der Waals surface area contributed by atoms with Gasteiger partial charge in [0.2, 0.25) is 0 Å². The molecule has 0 aliphatic carbocycles. The van der Waals surface area contributed by atoms with Gasteiger partial charge in [0.05, 0.1) is 13.3 Å². The van der Waals surface area contributed by atoms with Crippen LogP contribution < -0.4 is 4.74 Å². The van der Waals surface area contributed by atoms with Crippen molar-refractivity contribution >= 4 is 0 Å². The van der Waals surface area contributed by atoms with Crippen LogP contribution in [-0.2, 0) is 5.41 Å². The number of methoxy groups -OCH3 is 1. The van der Waals surface area contributed by atoms with E-state index in [4.69, 9.17) is 4.74 Å². The second kappa shape index (κ2) is 3.13. The predicted molar refractivity (Wildman–Crippen MR) is 49.5 cm³/mol. The average molecular weight is 165 g/mol. The topological polar surface area (TPSA) is 22.1 Å². The molecule has 0 aliphatic rings. The number of nitrogens with zero attached hydrogens (tertiary/aromatic N) is 1. The van der Waals surface area contributed by atoms with Gasteiger partial charge in [-0.15, -0.1) is 0 Å². The number of ether oxygens (including phenoxy) is 1. The molecule has 12 heavy (non-hydrogen) atoms. The van der Waals surface area contributed by atoms with E-state index in [1.54, 1.807) is 13.3 Å². The smallest absolute Gasteiger partial charge is 0.137 e. The second-order valence-electron chi connectivity index (χ2n) is 3.86. The molecule has 66 valence electrons. The lowest BCUT2D eigenvalue weighted by atomic mass is 9.88. The van der Waals surface area contributed by atoms with Crippen LogP contribution in [0.25, 0.3) is 0 Å². The lowest BCUT2D eigenvalue weighted by Gasteiger charge is -2.18. The van der Waals surface area contributed by atoms with Gasteiger partial charge in [0, 0.05) is 6.20 Å². The van der Waals surface area contributed by atoms with Crippen molar-refractivity contribution in [1.29, 1.82) is 0 Å². The van der Waals surface area contributed by atoms with E-state index in [9.17, 15) is 0 Å². The number of rotatable bonds is 1. The Kier molecular flexibility index (Phi) is 2.36. The largest absolute Gasteiger partial charge is 0.495 e.